The standard InChI is InChI=1S/C13H21BrN2OS/c1-2-17-10-5-7-16(8-6-10)11(9-15)12-3-4-13(14)18-12/h3-4,10-11H,2,5-9,15H2,1H3. The molecule has 3 nitrogen and oxygen atoms in total. The molecule has 1 unspecified atom stereocenters. The SMILES string of the molecule is CCOC1CCN(C(CN)c2ccc(Br)s2)CC1. The lowest BCUT2D eigenvalue weighted by Gasteiger charge is -2.36. The molecule has 0 aromatic carbocycles. The van der Waals surface area contributed by atoms with Crippen molar-refractivity contribution in [2.75, 3.05) is 26.2 Å². The van der Waals surface area contributed by atoms with Gasteiger partial charge in [0.05, 0.1) is 15.9 Å². The van der Waals surface area contributed by atoms with Gasteiger partial charge < -0.3 is 10.5 Å². The minimum Gasteiger partial charge on any atom is -0.378 e. The highest BCUT2D eigenvalue weighted by Crippen LogP contribution is 2.32. The highest BCUT2D eigenvalue weighted by molar-refractivity contribution is 9.11. The van der Waals surface area contributed by atoms with Crippen molar-refractivity contribution in [1.29, 1.82) is 0 Å². The summed E-state index contributed by atoms with van der Waals surface area (Å²) in [5, 5.41) is 0. The summed E-state index contributed by atoms with van der Waals surface area (Å²) in [6.07, 6.45) is 2.69. The van der Waals surface area contributed by atoms with Gasteiger partial charge in [-0.15, -0.1) is 11.3 Å². The summed E-state index contributed by atoms with van der Waals surface area (Å²) >= 11 is 5.31. The Morgan fingerprint density at radius 3 is 2.72 bits per heavy atom. The molecular formula is C13H21BrN2OS. The Bertz CT molecular complexity index is 364. The molecule has 102 valence electrons. The molecule has 2 rings (SSSR count). The molecule has 0 radical (unpaired) electrons. The van der Waals surface area contributed by atoms with Crippen molar-refractivity contribution >= 4 is 27.3 Å². The lowest BCUT2D eigenvalue weighted by Crippen LogP contribution is -2.41. The number of ether oxygens (including phenoxy) is 1. The van der Waals surface area contributed by atoms with E-state index >= 15 is 0 Å². The summed E-state index contributed by atoms with van der Waals surface area (Å²) in [5.41, 5.74) is 5.96. The van der Waals surface area contributed by atoms with E-state index in [1.807, 2.05) is 0 Å². The van der Waals surface area contributed by atoms with Gasteiger partial charge in [-0.3, -0.25) is 4.90 Å². The van der Waals surface area contributed by atoms with Crippen LogP contribution in [0.5, 0.6) is 0 Å². The van der Waals surface area contributed by atoms with Crippen molar-refractivity contribution in [1.82, 2.24) is 4.90 Å². The van der Waals surface area contributed by atoms with Gasteiger partial charge in [-0.25, -0.2) is 0 Å². The number of nitrogens with two attached hydrogens (primary N) is 1. The predicted molar refractivity (Wildman–Crippen MR) is 80.0 cm³/mol. The number of piperidine rings is 1. The van der Waals surface area contributed by atoms with Crippen molar-refractivity contribution in [3.05, 3.63) is 20.8 Å². The number of hydrogen-bond acceptors (Lipinski definition) is 4. The van der Waals surface area contributed by atoms with Gasteiger partial charge in [0.2, 0.25) is 0 Å². The first-order valence-electron chi connectivity index (χ1n) is 6.55. The Morgan fingerprint density at radius 1 is 1.50 bits per heavy atom. The van der Waals surface area contributed by atoms with Gasteiger partial charge in [0, 0.05) is 31.1 Å². The van der Waals surface area contributed by atoms with E-state index in [0.717, 1.165) is 32.5 Å². The van der Waals surface area contributed by atoms with Crippen LogP contribution in [-0.4, -0.2) is 37.2 Å². The highest BCUT2D eigenvalue weighted by atomic mass is 79.9. The number of likely N-dealkylation sites (tertiary alicyclic amines) is 1. The molecule has 1 saturated heterocycles. The van der Waals surface area contributed by atoms with Crippen LogP contribution in [0.1, 0.15) is 30.7 Å². The number of halogens is 1. The lowest BCUT2D eigenvalue weighted by molar-refractivity contribution is 0.00488. The van der Waals surface area contributed by atoms with Gasteiger partial charge in [0.1, 0.15) is 0 Å². The second-order valence-corrected chi connectivity index (χ2v) is 7.08. The van der Waals surface area contributed by atoms with Gasteiger partial charge in [-0.2, -0.15) is 0 Å². The Morgan fingerprint density at radius 2 is 2.22 bits per heavy atom. The van der Waals surface area contributed by atoms with Gasteiger partial charge in [0.25, 0.3) is 0 Å². The van der Waals surface area contributed by atoms with E-state index in [0.29, 0.717) is 18.7 Å². The average Bonchev–Trinajstić information content (AvgIpc) is 2.79. The number of nitrogens with zero attached hydrogens (tertiary/aromatic N) is 1. The Kier molecular flexibility index (Phi) is 5.63. The van der Waals surface area contributed by atoms with Crippen molar-refractivity contribution in [3.8, 4) is 0 Å². The van der Waals surface area contributed by atoms with Crippen LogP contribution in [0.15, 0.2) is 15.9 Å². The van der Waals surface area contributed by atoms with Crippen LogP contribution in [0, 0.1) is 0 Å². The van der Waals surface area contributed by atoms with Crippen molar-refractivity contribution < 1.29 is 4.74 Å². The first-order chi connectivity index (χ1) is 8.74. The third-order valence-corrected chi connectivity index (χ3v) is 5.19. The van der Waals surface area contributed by atoms with Gasteiger partial charge in [-0.05, 0) is 47.8 Å². The van der Waals surface area contributed by atoms with E-state index < -0.39 is 0 Å². The molecule has 1 fully saturated rings. The second kappa shape index (κ2) is 7.01. The van der Waals surface area contributed by atoms with Crippen LogP contribution in [0.3, 0.4) is 0 Å². The monoisotopic (exact) mass is 332 g/mol. The lowest BCUT2D eigenvalue weighted by atomic mass is 10.0. The molecular weight excluding hydrogens is 312 g/mol. The van der Waals surface area contributed by atoms with E-state index in [9.17, 15) is 0 Å². The maximum atomic E-state index is 5.96. The molecule has 1 aliphatic heterocycles. The van der Waals surface area contributed by atoms with Crippen LogP contribution < -0.4 is 5.73 Å². The van der Waals surface area contributed by atoms with Gasteiger partial charge in [-0.1, -0.05) is 0 Å². The molecule has 1 aromatic rings. The molecule has 0 saturated carbocycles. The maximum Gasteiger partial charge on any atom is 0.0702 e. The fourth-order valence-corrected chi connectivity index (χ4v) is 4.11. The van der Waals surface area contributed by atoms with Crippen molar-refractivity contribution in [3.63, 3.8) is 0 Å². The molecule has 0 amide bonds. The molecule has 5 heteroatoms. The Hall–Kier alpha value is 0.0600. The van der Waals surface area contributed by atoms with Crippen LogP contribution in [0.4, 0.5) is 0 Å². The summed E-state index contributed by atoms with van der Waals surface area (Å²) in [6.45, 7) is 5.75. The van der Waals surface area contributed by atoms with Crippen LogP contribution >= 0.6 is 27.3 Å². The van der Waals surface area contributed by atoms with Crippen LogP contribution in [0.2, 0.25) is 0 Å². The normalized spacial score (nSPS) is 20.2. The second-order valence-electron chi connectivity index (χ2n) is 4.58. The maximum absolute atomic E-state index is 5.96. The smallest absolute Gasteiger partial charge is 0.0702 e. The van der Waals surface area contributed by atoms with Gasteiger partial charge in [0.15, 0.2) is 0 Å². The minimum absolute atomic E-state index is 0.365. The molecule has 0 bridgehead atoms. The summed E-state index contributed by atoms with van der Waals surface area (Å²) < 4.78 is 6.87. The van der Waals surface area contributed by atoms with E-state index in [1.54, 1.807) is 11.3 Å². The molecule has 0 aliphatic carbocycles. The molecule has 0 spiro atoms. The third-order valence-electron chi connectivity index (χ3n) is 3.47. The number of rotatable bonds is 5. The summed E-state index contributed by atoms with van der Waals surface area (Å²) in [7, 11) is 0. The van der Waals surface area contributed by atoms with Gasteiger partial charge >= 0.3 is 0 Å². The largest absolute Gasteiger partial charge is 0.378 e. The first-order valence-corrected chi connectivity index (χ1v) is 8.16. The zero-order valence-electron chi connectivity index (χ0n) is 10.8. The van der Waals surface area contributed by atoms with Crippen LogP contribution in [-0.2, 0) is 4.74 Å². The molecule has 1 atom stereocenters. The van der Waals surface area contributed by atoms with E-state index in [-0.39, 0.29) is 0 Å². The Balaban J connectivity index is 1.94. The highest BCUT2D eigenvalue weighted by Gasteiger charge is 2.26. The predicted octanol–water partition coefficient (Wildman–Crippen LogP) is 3.01. The quantitative estimate of drug-likeness (QED) is 0.900. The summed E-state index contributed by atoms with van der Waals surface area (Å²) in [4.78, 5) is 3.85. The minimum atomic E-state index is 0.365. The first kappa shape index (κ1) is 14.5. The topological polar surface area (TPSA) is 38.5 Å². The zero-order valence-corrected chi connectivity index (χ0v) is 13.2. The zero-order chi connectivity index (χ0) is 13.0. The van der Waals surface area contributed by atoms with E-state index in [2.05, 4.69) is 39.9 Å². The molecule has 2 N–H and O–H groups in total. The van der Waals surface area contributed by atoms with E-state index in [4.69, 9.17) is 10.5 Å². The van der Waals surface area contributed by atoms with E-state index in [1.165, 1.54) is 8.66 Å². The fraction of sp³-hybridized carbons (Fsp3) is 0.692. The number of thiophene rings is 1. The number of hydrogen-bond donors (Lipinski definition) is 1. The summed E-state index contributed by atoms with van der Waals surface area (Å²) in [6, 6.07) is 4.65. The summed E-state index contributed by atoms with van der Waals surface area (Å²) in [5.74, 6) is 0. The molecule has 1 aromatic heterocycles. The molecule has 18 heavy (non-hydrogen) atoms. The third kappa shape index (κ3) is 3.54. The van der Waals surface area contributed by atoms with Crippen molar-refractivity contribution in [2.24, 2.45) is 5.73 Å². The van der Waals surface area contributed by atoms with Crippen molar-refractivity contribution in [2.45, 2.75) is 31.9 Å². The molecule has 2 heterocycles. The van der Waals surface area contributed by atoms with Crippen LogP contribution in [0.25, 0.3) is 0 Å². The molecule has 1 aliphatic rings. The Labute approximate surface area is 121 Å². The average molecular weight is 333 g/mol. The fourth-order valence-electron chi connectivity index (χ4n) is 2.54.